The van der Waals surface area contributed by atoms with Gasteiger partial charge in [-0.3, -0.25) is 0 Å². The lowest BCUT2D eigenvalue weighted by Gasteiger charge is -2.29. The van der Waals surface area contributed by atoms with Crippen LogP contribution < -0.4 is 15.5 Å². The van der Waals surface area contributed by atoms with E-state index < -0.39 is 0 Å². The number of morpholine rings is 1. The summed E-state index contributed by atoms with van der Waals surface area (Å²) in [5, 5.41) is 5.70. The number of benzene rings is 1. The second-order valence-corrected chi connectivity index (χ2v) is 5.70. The zero-order chi connectivity index (χ0) is 15.9. The van der Waals surface area contributed by atoms with Crippen LogP contribution in [0.25, 0.3) is 0 Å². The predicted molar refractivity (Wildman–Crippen MR) is 89.2 cm³/mol. The van der Waals surface area contributed by atoms with Gasteiger partial charge in [0.1, 0.15) is 0 Å². The van der Waals surface area contributed by atoms with E-state index in [0.29, 0.717) is 6.54 Å². The first-order valence-corrected chi connectivity index (χ1v) is 7.67. The Morgan fingerprint density at radius 2 is 1.95 bits per heavy atom. The Morgan fingerprint density at radius 3 is 2.55 bits per heavy atom. The highest BCUT2D eigenvalue weighted by molar-refractivity contribution is 5.74. The van der Waals surface area contributed by atoms with E-state index in [1.807, 2.05) is 13.8 Å². The number of carbonyl (C=O) groups excluding carboxylic acids is 1. The molecule has 0 aromatic heterocycles. The fourth-order valence-electron chi connectivity index (χ4n) is 2.36. The molecule has 0 spiro atoms. The van der Waals surface area contributed by atoms with Crippen molar-refractivity contribution in [1.29, 1.82) is 0 Å². The lowest BCUT2D eigenvalue weighted by molar-refractivity contribution is 0.122. The van der Waals surface area contributed by atoms with E-state index in [4.69, 9.17) is 4.74 Å². The van der Waals surface area contributed by atoms with Gasteiger partial charge >= 0.3 is 6.03 Å². The molecule has 0 saturated carbocycles. The molecule has 2 N–H and O–H groups in total. The fraction of sp³-hybridized carbons (Fsp3) is 0.471. The van der Waals surface area contributed by atoms with Gasteiger partial charge in [0.15, 0.2) is 0 Å². The summed E-state index contributed by atoms with van der Waals surface area (Å²) in [7, 11) is 0. The minimum atomic E-state index is -0.173. The number of hydrogen-bond donors (Lipinski definition) is 2. The first-order valence-electron chi connectivity index (χ1n) is 7.67. The molecule has 0 aliphatic carbocycles. The van der Waals surface area contributed by atoms with E-state index in [9.17, 15) is 4.79 Å². The Balaban J connectivity index is 1.88. The molecular formula is C17H25N3O2. The molecule has 2 rings (SSSR count). The summed E-state index contributed by atoms with van der Waals surface area (Å²) < 4.78 is 5.36. The van der Waals surface area contributed by atoms with Gasteiger partial charge in [0.05, 0.1) is 19.3 Å². The van der Waals surface area contributed by atoms with E-state index in [1.165, 1.54) is 5.69 Å². The largest absolute Gasteiger partial charge is 0.378 e. The number of nitrogens with one attached hydrogen (secondary N) is 2. The van der Waals surface area contributed by atoms with E-state index in [-0.39, 0.29) is 12.1 Å². The van der Waals surface area contributed by atoms with Gasteiger partial charge in [0.2, 0.25) is 0 Å². The summed E-state index contributed by atoms with van der Waals surface area (Å²) in [6.07, 6.45) is 0. The molecule has 22 heavy (non-hydrogen) atoms. The normalized spacial score (nSPS) is 16.0. The third kappa shape index (κ3) is 4.77. The van der Waals surface area contributed by atoms with Crippen molar-refractivity contribution in [2.24, 2.45) is 0 Å². The highest BCUT2D eigenvalue weighted by Crippen LogP contribution is 2.20. The molecule has 120 valence electrons. The van der Waals surface area contributed by atoms with Crippen LogP contribution in [0.4, 0.5) is 10.5 Å². The predicted octanol–water partition coefficient (Wildman–Crippen LogP) is 2.46. The highest BCUT2D eigenvalue weighted by atomic mass is 16.5. The van der Waals surface area contributed by atoms with Crippen molar-refractivity contribution in [1.82, 2.24) is 10.6 Å². The minimum absolute atomic E-state index is 0.0381. The van der Waals surface area contributed by atoms with Crippen molar-refractivity contribution in [2.75, 3.05) is 37.7 Å². The first kappa shape index (κ1) is 16.4. The molecule has 1 aromatic rings. The topological polar surface area (TPSA) is 53.6 Å². The van der Waals surface area contributed by atoms with Crippen molar-refractivity contribution in [3.8, 4) is 0 Å². The molecule has 1 atom stereocenters. The quantitative estimate of drug-likeness (QED) is 0.822. The zero-order valence-electron chi connectivity index (χ0n) is 13.4. The Morgan fingerprint density at radius 1 is 1.32 bits per heavy atom. The number of anilines is 1. The SMILES string of the molecule is C=C(C)CNC(=O)N[C@@H](C)c1ccc(N2CCOCC2)cc1. The first-order chi connectivity index (χ1) is 10.6. The molecule has 1 fully saturated rings. The molecule has 0 radical (unpaired) electrons. The maximum atomic E-state index is 11.8. The Kier molecular flexibility index (Phi) is 5.83. The summed E-state index contributed by atoms with van der Waals surface area (Å²) in [5.74, 6) is 0. The second kappa shape index (κ2) is 7.84. The molecule has 1 saturated heterocycles. The summed E-state index contributed by atoms with van der Waals surface area (Å²) >= 11 is 0. The van der Waals surface area contributed by atoms with Crippen molar-refractivity contribution in [3.05, 3.63) is 42.0 Å². The van der Waals surface area contributed by atoms with Crippen LogP contribution in [-0.2, 0) is 4.74 Å². The highest BCUT2D eigenvalue weighted by Gasteiger charge is 2.13. The van der Waals surface area contributed by atoms with Crippen LogP contribution in [-0.4, -0.2) is 38.9 Å². The standard InChI is InChI=1S/C17H25N3O2/c1-13(2)12-18-17(21)19-14(3)15-4-6-16(7-5-15)20-8-10-22-11-9-20/h4-7,14H,1,8-12H2,2-3H3,(H2,18,19,21)/t14-/m0/s1. The number of carbonyl (C=O) groups is 1. The van der Waals surface area contributed by atoms with E-state index in [1.54, 1.807) is 0 Å². The molecule has 0 unspecified atom stereocenters. The second-order valence-electron chi connectivity index (χ2n) is 5.70. The van der Waals surface area contributed by atoms with Crippen LogP contribution >= 0.6 is 0 Å². The summed E-state index contributed by atoms with van der Waals surface area (Å²) in [6.45, 7) is 11.5. The smallest absolute Gasteiger partial charge is 0.315 e. The van der Waals surface area contributed by atoms with Crippen molar-refractivity contribution < 1.29 is 9.53 Å². The maximum absolute atomic E-state index is 11.8. The van der Waals surface area contributed by atoms with Gasteiger partial charge in [-0.1, -0.05) is 24.3 Å². The fourth-order valence-corrected chi connectivity index (χ4v) is 2.36. The van der Waals surface area contributed by atoms with Crippen LogP contribution in [0, 0.1) is 0 Å². The van der Waals surface area contributed by atoms with E-state index in [2.05, 4.69) is 46.4 Å². The van der Waals surface area contributed by atoms with Gasteiger partial charge in [-0.15, -0.1) is 0 Å². The average molecular weight is 303 g/mol. The lowest BCUT2D eigenvalue weighted by Crippen LogP contribution is -2.37. The van der Waals surface area contributed by atoms with Crippen LogP contribution in [0.1, 0.15) is 25.5 Å². The monoisotopic (exact) mass is 303 g/mol. The van der Waals surface area contributed by atoms with Crippen molar-refractivity contribution in [2.45, 2.75) is 19.9 Å². The molecule has 1 aliphatic heterocycles. The van der Waals surface area contributed by atoms with Gasteiger partial charge in [-0.25, -0.2) is 4.79 Å². The van der Waals surface area contributed by atoms with Crippen LogP contribution in [0.5, 0.6) is 0 Å². The Hall–Kier alpha value is -2.01. The molecular weight excluding hydrogens is 278 g/mol. The third-order valence-electron chi connectivity index (χ3n) is 3.67. The Bertz CT molecular complexity index is 507. The number of rotatable bonds is 5. The number of ether oxygens (including phenoxy) is 1. The molecule has 0 bridgehead atoms. The van der Waals surface area contributed by atoms with Crippen molar-refractivity contribution in [3.63, 3.8) is 0 Å². The maximum Gasteiger partial charge on any atom is 0.315 e. The zero-order valence-corrected chi connectivity index (χ0v) is 13.4. The van der Waals surface area contributed by atoms with E-state index in [0.717, 1.165) is 37.4 Å². The van der Waals surface area contributed by atoms with Crippen molar-refractivity contribution >= 4 is 11.7 Å². The van der Waals surface area contributed by atoms with Crippen LogP contribution in [0.15, 0.2) is 36.4 Å². The van der Waals surface area contributed by atoms with Gasteiger partial charge in [-0.2, -0.15) is 0 Å². The minimum Gasteiger partial charge on any atom is -0.378 e. The van der Waals surface area contributed by atoms with Crippen LogP contribution in [0.3, 0.4) is 0 Å². The molecule has 1 heterocycles. The average Bonchev–Trinajstić information content (AvgIpc) is 2.54. The molecule has 2 amide bonds. The third-order valence-corrected chi connectivity index (χ3v) is 3.67. The van der Waals surface area contributed by atoms with Gasteiger partial charge in [0.25, 0.3) is 0 Å². The Labute approximate surface area is 132 Å². The number of amides is 2. The molecule has 1 aromatic carbocycles. The summed E-state index contributed by atoms with van der Waals surface area (Å²) in [5.41, 5.74) is 3.21. The number of hydrogen-bond acceptors (Lipinski definition) is 3. The summed E-state index contributed by atoms with van der Waals surface area (Å²) in [4.78, 5) is 14.1. The van der Waals surface area contributed by atoms with Gasteiger partial charge in [-0.05, 0) is 31.5 Å². The lowest BCUT2D eigenvalue weighted by atomic mass is 10.1. The molecule has 5 heteroatoms. The molecule has 1 aliphatic rings. The number of urea groups is 1. The number of nitrogens with zero attached hydrogens (tertiary/aromatic N) is 1. The van der Waals surface area contributed by atoms with E-state index >= 15 is 0 Å². The van der Waals surface area contributed by atoms with Gasteiger partial charge < -0.3 is 20.3 Å². The van der Waals surface area contributed by atoms with Crippen LogP contribution in [0.2, 0.25) is 0 Å². The molecule has 5 nitrogen and oxygen atoms in total. The van der Waals surface area contributed by atoms with Gasteiger partial charge in [0, 0.05) is 25.3 Å². The summed E-state index contributed by atoms with van der Waals surface area (Å²) in [6, 6.07) is 8.12.